The molecule has 0 bridgehead atoms. The number of carbonyl (C=O) groups is 2. The highest BCUT2D eigenvalue weighted by Crippen LogP contribution is 1.88. The van der Waals surface area contributed by atoms with Crippen molar-refractivity contribution in [2.24, 2.45) is 0 Å². The number of quaternary nitrogens is 1. The molecule has 0 amide bonds. The first-order valence-corrected chi connectivity index (χ1v) is 3.29. The molecule has 4 N–H and O–H groups in total. The van der Waals surface area contributed by atoms with Gasteiger partial charge in [-0.25, -0.2) is 4.79 Å². The highest BCUT2D eigenvalue weighted by molar-refractivity contribution is 6.26. The predicted octanol–water partition coefficient (Wildman–Crippen LogP) is -1.98. The molecule has 0 radical (unpaired) electrons. The Morgan fingerprint density at radius 1 is 1.58 bits per heavy atom. The predicted molar refractivity (Wildman–Crippen MR) is 39.8 cm³/mol. The van der Waals surface area contributed by atoms with Crippen LogP contribution in [0.1, 0.15) is 13.3 Å². The van der Waals surface area contributed by atoms with E-state index in [1.54, 1.807) is 0 Å². The molecule has 70 valence electrons. The number of carbonyl (C=O) groups excluding carboxylic acids is 1. The summed E-state index contributed by atoms with van der Waals surface area (Å²) in [5.74, 6) is -4.01. The second-order valence-corrected chi connectivity index (χ2v) is 2.15. The Kier molecular flexibility index (Phi) is 8.55. The fourth-order valence-corrected chi connectivity index (χ4v) is 0.302. The molecule has 0 aliphatic heterocycles. The van der Waals surface area contributed by atoms with Crippen LogP contribution in [0.15, 0.2) is 12.2 Å². The van der Waals surface area contributed by atoms with E-state index in [0.717, 1.165) is 13.0 Å². The van der Waals surface area contributed by atoms with Gasteiger partial charge in [0.25, 0.3) is 0 Å². The van der Waals surface area contributed by atoms with Crippen molar-refractivity contribution >= 4 is 11.9 Å². The SMILES string of the molecule is C=C(C)CC[NH3+].O=C([O-])C(=O)O. The highest BCUT2D eigenvalue weighted by Gasteiger charge is 1.90. The van der Waals surface area contributed by atoms with Crippen molar-refractivity contribution in [1.29, 1.82) is 0 Å². The normalized spacial score (nSPS) is 7.83. The monoisotopic (exact) mass is 175 g/mol. The molecule has 5 nitrogen and oxygen atoms in total. The molecule has 0 atom stereocenters. The summed E-state index contributed by atoms with van der Waals surface area (Å²) in [7, 11) is 0. The molecule has 0 fully saturated rings. The molecule has 0 aliphatic rings. The van der Waals surface area contributed by atoms with Crippen LogP contribution in [-0.2, 0) is 9.59 Å². The lowest BCUT2D eigenvalue weighted by Crippen LogP contribution is -2.50. The molecule has 12 heavy (non-hydrogen) atoms. The van der Waals surface area contributed by atoms with Crippen LogP contribution in [0.4, 0.5) is 0 Å². The molecule has 0 aromatic rings. The van der Waals surface area contributed by atoms with Crippen LogP contribution in [0.3, 0.4) is 0 Å². The first-order valence-electron chi connectivity index (χ1n) is 3.29. The van der Waals surface area contributed by atoms with Crippen LogP contribution in [0.25, 0.3) is 0 Å². The number of aliphatic carboxylic acids is 2. The maximum Gasteiger partial charge on any atom is 0.351 e. The van der Waals surface area contributed by atoms with Gasteiger partial charge in [-0.3, -0.25) is 0 Å². The summed E-state index contributed by atoms with van der Waals surface area (Å²) in [6, 6.07) is 0. The molecular formula is C7H13NO4. The standard InChI is InChI=1S/C5H11N.C2H2O4/c1-5(2)3-4-6;3-1(4)2(5)6/h1,3-4,6H2,2H3;(H,3,4)(H,5,6). The summed E-state index contributed by atoms with van der Waals surface area (Å²) in [5.41, 5.74) is 4.89. The van der Waals surface area contributed by atoms with Crippen molar-refractivity contribution in [3.05, 3.63) is 12.2 Å². The number of hydrogen-bond donors (Lipinski definition) is 2. The minimum Gasteiger partial charge on any atom is -0.539 e. The lowest BCUT2D eigenvalue weighted by molar-refractivity contribution is -0.366. The third kappa shape index (κ3) is 15.9. The van der Waals surface area contributed by atoms with Gasteiger partial charge in [0.05, 0.1) is 6.54 Å². The van der Waals surface area contributed by atoms with Crippen molar-refractivity contribution in [3.63, 3.8) is 0 Å². The number of carboxylic acid groups (broad SMARTS) is 2. The maximum atomic E-state index is 9.04. The van der Waals surface area contributed by atoms with Crippen molar-refractivity contribution in [3.8, 4) is 0 Å². The lowest BCUT2D eigenvalue weighted by Gasteiger charge is -1.85. The van der Waals surface area contributed by atoms with E-state index < -0.39 is 11.9 Å². The van der Waals surface area contributed by atoms with E-state index in [0.29, 0.717) is 0 Å². The summed E-state index contributed by atoms with van der Waals surface area (Å²) in [5, 5.41) is 16.3. The van der Waals surface area contributed by atoms with Crippen molar-refractivity contribution in [2.75, 3.05) is 6.54 Å². The van der Waals surface area contributed by atoms with Gasteiger partial charge in [0.1, 0.15) is 0 Å². The quantitative estimate of drug-likeness (QED) is 0.374. The van der Waals surface area contributed by atoms with E-state index in [1.165, 1.54) is 5.57 Å². The Morgan fingerprint density at radius 2 is 1.92 bits per heavy atom. The first kappa shape index (κ1) is 13.2. The van der Waals surface area contributed by atoms with Crippen LogP contribution < -0.4 is 10.8 Å². The van der Waals surface area contributed by atoms with Crippen LogP contribution in [0.5, 0.6) is 0 Å². The summed E-state index contributed by atoms with van der Waals surface area (Å²) in [6.45, 7) is 6.71. The minimum atomic E-state index is -2.07. The maximum absolute atomic E-state index is 9.04. The van der Waals surface area contributed by atoms with Gasteiger partial charge in [0.15, 0.2) is 5.97 Å². The fourth-order valence-electron chi connectivity index (χ4n) is 0.302. The van der Waals surface area contributed by atoms with Gasteiger partial charge in [-0.05, 0) is 6.92 Å². The molecule has 0 saturated heterocycles. The van der Waals surface area contributed by atoms with Gasteiger partial charge in [0.2, 0.25) is 0 Å². The molecule has 5 heteroatoms. The van der Waals surface area contributed by atoms with Gasteiger partial charge < -0.3 is 20.7 Å². The van der Waals surface area contributed by atoms with Gasteiger partial charge in [-0.1, -0.05) is 12.2 Å². The van der Waals surface area contributed by atoms with Crippen LogP contribution >= 0.6 is 0 Å². The Bertz CT molecular complexity index is 164. The smallest absolute Gasteiger partial charge is 0.351 e. The van der Waals surface area contributed by atoms with Crippen LogP contribution in [0.2, 0.25) is 0 Å². The van der Waals surface area contributed by atoms with Crippen molar-refractivity contribution in [1.82, 2.24) is 0 Å². The van der Waals surface area contributed by atoms with E-state index in [1.807, 2.05) is 6.92 Å². The van der Waals surface area contributed by atoms with E-state index in [4.69, 9.17) is 19.8 Å². The van der Waals surface area contributed by atoms with Gasteiger partial charge in [0, 0.05) is 6.42 Å². The molecule has 0 unspecified atom stereocenters. The molecule has 0 spiro atoms. The van der Waals surface area contributed by atoms with Gasteiger partial charge in [-0.2, -0.15) is 0 Å². The second-order valence-electron chi connectivity index (χ2n) is 2.15. The number of hydrogen-bond acceptors (Lipinski definition) is 3. The van der Waals surface area contributed by atoms with Crippen molar-refractivity contribution in [2.45, 2.75) is 13.3 Å². The first-order chi connectivity index (χ1) is 5.41. The third-order valence-electron chi connectivity index (χ3n) is 0.778. The van der Waals surface area contributed by atoms with Crippen LogP contribution in [-0.4, -0.2) is 23.6 Å². The topological polar surface area (TPSA) is 105 Å². The van der Waals surface area contributed by atoms with Crippen molar-refractivity contribution < 1.29 is 25.5 Å². The number of carboxylic acids is 2. The zero-order valence-corrected chi connectivity index (χ0v) is 7.00. The Labute approximate surface area is 70.5 Å². The number of rotatable bonds is 2. The zero-order valence-electron chi connectivity index (χ0n) is 7.00. The highest BCUT2D eigenvalue weighted by atomic mass is 16.4. The Morgan fingerprint density at radius 3 is 1.92 bits per heavy atom. The van der Waals surface area contributed by atoms with E-state index in [-0.39, 0.29) is 0 Å². The molecule has 0 saturated carbocycles. The average Bonchev–Trinajstić information content (AvgIpc) is 1.87. The molecule has 0 aromatic heterocycles. The Hall–Kier alpha value is -1.36. The zero-order chi connectivity index (χ0) is 10.1. The van der Waals surface area contributed by atoms with E-state index in [2.05, 4.69) is 12.3 Å². The van der Waals surface area contributed by atoms with E-state index >= 15 is 0 Å². The summed E-state index contributed by atoms with van der Waals surface area (Å²) < 4.78 is 0. The molecule has 0 aromatic carbocycles. The summed E-state index contributed by atoms with van der Waals surface area (Å²) in [4.78, 5) is 18.0. The van der Waals surface area contributed by atoms with Gasteiger partial charge >= 0.3 is 5.97 Å². The molecular weight excluding hydrogens is 162 g/mol. The van der Waals surface area contributed by atoms with E-state index in [9.17, 15) is 0 Å². The third-order valence-corrected chi connectivity index (χ3v) is 0.778. The molecule has 0 rings (SSSR count). The summed E-state index contributed by atoms with van der Waals surface area (Å²) >= 11 is 0. The Balaban J connectivity index is 0. The van der Waals surface area contributed by atoms with Crippen LogP contribution in [0, 0.1) is 0 Å². The van der Waals surface area contributed by atoms with Gasteiger partial charge in [-0.15, -0.1) is 0 Å². The minimum absolute atomic E-state index is 0.981. The second kappa shape index (κ2) is 7.74. The summed E-state index contributed by atoms with van der Waals surface area (Å²) in [6.07, 6.45) is 1.07. The molecule has 0 heterocycles. The fraction of sp³-hybridized carbons (Fsp3) is 0.429. The largest absolute Gasteiger partial charge is 0.539 e. The lowest BCUT2D eigenvalue weighted by atomic mass is 10.2. The average molecular weight is 175 g/mol. The molecule has 0 aliphatic carbocycles.